The van der Waals surface area contributed by atoms with E-state index in [-0.39, 0.29) is 11.7 Å². The number of unbranched alkanes of at least 4 members (excludes halogenated alkanes) is 1. The van der Waals surface area contributed by atoms with Crippen molar-refractivity contribution in [2.75, 3.05) is 0 Å². The van der Waals surface area contributed by atoms with Crippen LogP contribution in [0, 0.1) is 6.92 Å². The number of aromatic hydroxyl groups is 1. The first-order chi connectivity index (χ1) is 13.9. The summed E-state index contributed by atoms with van der Waals surface area (Å²) in [6.07, 6.45) is 3.24. The summed E-state index contributed by atoms with van der Waals surface area (Å²) in [6, 6.07) is 12.7. The Hall–Kier alpha value is -2.95. The summed E-state index contributed by atoms with van der Waals surface area (Å²) in [4.78, 5) is 0. The Balaban J connectivity index is 1.74. The van der Waals surface area contributed by atoms with E-state index in [9.17, 15) is 5.11 Å². The van der Waals surface area contributed by atoms with Crippen molar-refractivity contribution in [3.63, 3.8) is 0 Å². The Morgan fingerprint density at radius 2 is 1.69 bits per heavy atom. The third-order valence-electron chi connectivity index (χ3n) is 4.97. The SMILES string of the molecule is CCCCc1nn(C)c(Oc2ccc(Oc3ccc(O)cc3C(C)C)cc2)c1C. The number of phenolic OH excluding ortho intramolecular Hbond substituents is 1. The second-order valence-corrected chi connectivity index (χ2v) is 7.66. The van der Waals surface area contributed by atoms with E-state index in [1.54, 1.807) is 22.9 Å². The Bertz CT molecular complexity index is 959. The Kier molecular flexibility index (Phi) is 6.47. The van der Waals surface area contributed by atoms with Gasteiger partial charge in [-0.3, -0.25) is 0 Å². The zero-order valence-corrected chi connectivity index (χ0v) is 17.9. The quantitative estimate of drug-likeness (QED) is 0.475. The number of rotatable bonds is 8. The second kappa shape index (κ2) is 9.03. The minimum Gasteiger partial charge on any atom is -0.508 e. The summed E-state index contributed by atoms with van der Waals surface area (Å²) in [7, 11) is 1.91. The molecule has 0 aliphatic carbocycles. The molecule has 3 rings (SSSR count). The van der Waals surface area contributed by atoms with Crippen LogP contribution in [0.4, 0.5) is 0 Å². The molecule has 29 heavy (non-hydrogen) atoms. The van der Waals surface area contributed by atoms with Crippen LogP contribution >= 0.6 is 0 Å². The number of phenols is 1. The van der Waals surface area contributed by atoms with Gasteiger partial charge in [0.05, 0.1) is 5.69 Å². The van der Waals surface area contributed by atoms with E-state index in [1.807, 2.05) is 31.3 Å². The third-order valence-corrected chi connectivity index (χ3v) is 4.97. The smallest absolute Gasteiger partial charge is 0.220 e. The van der Waals surface area contributed by atoms with E-state index in [0.717, 1.165) is 59.2 Å². The molecule has 0 saturated carbocycles. The molecule has 0 aliphatic heterocycles. The molecule has 1 heterocycles. The lowest BCUT2D eigenvalue weighted by atomic mass is 10.0. The number of hydrogen-bond acceptors (Lipinski definition) is 4. The van der Waals surface area contributed by atoms with Crippen molar-refractivity contribution >= 4 is 0 Å². The molecule has 0 atom stereocenters. The lowest BCUT2D eigenvalue weighted by Gasteiger charge is -2.14. The molecule has 0 bridgehead atoms. The van der Waals surface area contributed by atoms with E-state index >= 15 is 0 Å². The fourth-order valence-corrected chi connectivity index (χ4v) is 3.29. The Morgan fingerprint density at radius 3 is 2.31 bits per heavy atom. The van der Waals surface area contributed by atoms with Crippen molar-refractivity contribution in [3.05, 3.63) is 59.3 Å². The zero-order valence-electron chi connectivity index (χ0n) is 17.9. The van der Waals surface area contributed by atoms with Crippen molar-refractivity contribution < 1.29 is 14.6 Å². The molecular formula is C24H30N2O3. The van der Waals surface area contributed by atoms with Gasteiger partial charge in [-0.25, -0.2) is 4.68 Å². The number of aryl methyl sites for hydroxylation is 2. The molecule has 0 saturated heterocycles. The van der Waals surface area contributed by atoms with Gasteiger partial charge in [-0.2, -0.15) is 5.10 Å². The highest BCUT2D eigenvalue weighted by molar-refractivity contribution is 5.45. The topological polar surface area (TPSA) is 56.5 Å². The normalized spacial score (nSPS) is 11.1. The molecule has 0 radical (unpaired) electrons. The van der Waals surface area contributed by atoms with Crippen LogP contribution in [0.5, 0.6) is 28.9 Å². The predicted molar refractivity (Wildman–Crippen MR) is 115 cm³/mol. The fraction of sp³-hybridized carbons (Fsp3) is 0.375. The van der Waals surface area contributed by atoms with Gasteiger partial charge < -0.3 is 14.6 Å². The summed E-state index contributed by atoms with van der Waals surface area (Å²) < 4.78 is 13.9. The van der Waals surface area contributed by atoms with Crippen LogP contribution in [-0.2, 0) is 13.5 Å². The fourth-order valence-electron chi connectivity index (χ4n) is 3.29. The number of benzene rings is 2. The lowest BCUT2D eigenvalue weighted by Crippen LogP contribution is -1.96. The van der Waals surface area contributed by atoms with E-state index in [1.165, 1.54) is 0 Å². The molecular weight excluding hydrogens is 364 g/mol. The van der Waals surface area contributed by atoms with Gasteiger partial charge in [-0.15, -0.1) is 0 Å². The van der Waals surface area contributed by atoms with E-state index in [2.05, 4.69) is 32.8 Å². The van der Waals surface area contributed by atoms with Crippen molar-refractivity contribution in [2.24, 2.45) is 7.05 Å². The monoisotopic (exact) mass is 394 g/mol. The van der Waals surface area contributed by atoms with Crippen molar-refractivity contribution in [1.82, 2.24) is 9.78 Å². The summed E-state index contributed by atoms with van der Waals surface area (Å²) in [5.74, 6) is 3.46. The first-order valence-electron chi connectivity index (χ1n) is 10.2. The second-order valence-electron chi connectivity index (χ2n) is 7.66. The van der Waals surface area contributed by atoms with E-state index < -0.39 is 0 Å². The molecule has 1 aromatic heterocycles. The van der Waals surface area contributed by atoms with Crippen molar-refractivity contribution in [3.8, 4) is 28.9 Å². The first-order valence-corrected chi connectivity index (χ1v) is 10.2. The number of hydrogen-bond donors (Lipinski definition) is 1. The maximum atomic E-state index is 9.74. The number of ether oxygens (including phenoxy) is 2. The van der Waals surface area contributed by atoms with Gasteiger partial charge in [0, 0.05) is 18.2 Å². The molecule has 1 N–H and O–H groups in total. The van der Waals surface area contributed by atoms with Gasteiger partial charge in [-0.05, 0) is 68.1 Å². The molecule has 5 nitrogen and oxygen atoms in total. The largest absolute Gasteiger partial charge is 0.508 e. The molecule has 0 unspecified atom stereocenters. The molecule has 0 fully saturated rings. The average Bonchev–Trinajstić information content (AvgIpc) is 2.96. The van der Waals surface area contributed by atoms with Crippen LogP contribution < -0.4 is 9.47 Å². The molecule has 0 aliphatic rings. The summed E-state index contributed by atoms with van der Waals surface area (Å²) in [5.41, 5.74) is 3.15. The van der Waals surface area contributed by atoms with Crippen LogP contribution in [0.25, 0.3) is 0 Å². The van der Waals surface area contributed by atoms with Gasteiger partial charge in [0.25, 0.3) is 0 Å². The lowest BCUT2D eigenvalue weighted by molar-refractivity contribution is 0.425. The third kappa shape index (κ3) is 4.91. The van der Waals surface area contributed by atoms with Crippen LogP contribution in [0.1, 0.15) is 56.4 Å². The molecule has 0 spiro atoms. The molecule has 3 aromatic rings. The summed E-state index contributed by atoms with van der Waals surface area (Å²) in [6.45, 7) is 8.39. The van der Waals surface area contributed by atoms with Gasteiger partial charge >= 0.3 is 0 Å². The number of aromatic nitrogens is 2. The van der Waals surface area contributed by atoms with Crippen LogP contribution in [-0.4, -0.2) is 14.9 Å². The van der Waals surface area contributed by atoms with Gasteiger partial charge in [-0.1, -0.05) is 27.2 Å². The van der Waals surface area contributed by atoms with Gasteiger partial charge in [0.2, 0.25) is 5.88 Å². The molecule has 154 valence electrons. The van der Waals surface area contributed by atoms with Crippen LogP contribution in [0.15, 0.2) is 42.5 Å². The first kappa shape index (κ1) is 20.8. The molecule has 2 aromatic carbocycles. The highest BCUT2D eigenvalue weighted by Crippen LogP contribution is 2.34. The van der Waals surface area contributed by atoms with E-state index in [4.69, 9.17) is 9.47 Å². The summed E-state index contributed by atoms with van der Waals surface area (Å²) >= 11 is 0. The maximum Gasteiger partial charge on any atom is 0.220 e. The standard InChI is InChI=1S/C24H30N2O3/c1-6-7-8-22-17(4)24(26(5)25-22)29-20-12-10-19(11-13-20)28-23-14-9-18(27)15-21(23)16(2)3/h9-16,27H,6-8H2,1-5H3. The highest BCUT2D eigenvalue weighted by Gasteiger charge is 2.14. The Labute approximate surface area is 172 Å². The maximum absolute atomic E-state index is 9.74. The van der Waals surface area contributed by atoms with Gasteiger partial charge in [0.15, 0.2) is 0 Å². The Morgan fingerprint density at radius 1 is 1.03 bits per heavy atom. The molecule has 0 amide bonds. The summed E-state index contributed by atoms with van der Waals surface area (Å²) in [5, 5.41) is 14.3. The van der Waals surface area contributed by atoms with Crippen molar-refractivity contribution in [2.45, 2.75) is 52.9 Å². The molecule has 5 heteroatoms. The highest BCUT2D eigenvalue weighted by atomic mass is 16.5. The van der Waals surface area contributed by atoms with Crippen LogP contribution in [0.3, 0.4) is 0 Å². The van der Waals surface area contributed by atoms with Crippen LogP contribution in [0.2, 0.25) is 0 Å². The van der Waals surface area contributed by atoms with Gasteiger partial charge in [0.1, 0.15) is 23.0 Å². The average molecular weight is 395 g/mol. The zero-order chi connectivity index (χ0) is 21.0. The number of nitrogens with zero attached hydrogens (tertiary/aromatic N) is 2. The van der Waals surface area contributed by atoms with Crippen molar-refractivity contribution in [1.29, 1.82) is 0 Å². The minimum absolute atomic E-state index is 0.245. The predicted octanol–water partition coefficient (Wildman–Crippen LogP) is 6.48. The van der Waals surface area contributed by atoms with E-state index in [0.29, 0.717) is 0 Å². The minimum atomic E-state index is 0.245.